The molecule has 1 aromatic heterocycles. The third kappa shape index (κ3) is 3.79. The van der Waals surface area contributed by atoms with Gasteiger partial charge in [-0.15, -0.1) is 0 Å². The molecule has 0 N–H and O–H groups in total. The lowest BCUT2D eigenvalue weighted by molar-refractivity contribution is -0.191. The van der Waals surface area contributed by atoms with Gasteiger partial charge in [-0.1, -0.05) is 46.3 Å². The van der Waals surface area contributed by atoms with Crippen molar-refractivity contribution in [2.75, 3.05) is 0 Å². The molecule has 0 aliphatic heterocycles. The molecule has 0 unspecified atom stereocenters. The number of fused-ring (bicyclic) bond motifs is 1. The molecule has 0 fully saturated rings. The van der Waals surface area contributed by atoms with E-state index in [0.29, 0.717) is 6.54 Å². The second kappa shape index (κ2) is 7.50. The lowest BCUT2D eigenvalue weighted by Gasteiger charge is -2.07. The van der Waals surface area contributed by atoms with Gasteiger partial charge >= 0.3 is 6.15 Å². The Hall–Kier alpha value is -2.49. The van der Waals surface area contributed by atoms with Crippen molar-refractivity contribution < 1.29 is 9.59 Å². The summed E-state index contributed by atoms with van der Waals surface area (Å²) in [6, 6.07) is 17.7. The number of rotatable bonds is 2. The number of hydrogen-bond donors (Lipinski definition) is 0. The van der Waals surface area contributed by atoms with E-state index in [9.17, 15) is 4.79 Å². The van der Waals surface area contributed by atoms with Gasteiger partial charge in [0.05, 0.1) is 6.54 Å². The fraction of sp³-hybridized carbons (Fsp3) is 0.0588. The fourth-order valence-electron chi connectivity index (χ4n) is 2.16. The molecule has 0 aliphatic rings. The lowest BCUT2D eigenvalue weighted by atomic mass is 10.1. The van der Waals surface area contributed by atoms with E-state index in [-0.39, 0.29) is 11.7 Å². The van der Waals surface area contributed by atoms with Gasteiger partial charge in [0.2, 0.25) is 0 Å². The van der Waals surface area contributed by atoms with Crippen LogP contribution in [0.25, 0.3) is 10.8 Å². The number of pyridine rings is 1. The summed E-state index contributed by atoms with van der Waals surface area (Å²) in [5.41, 5.74) is 1.18. The van der Waals surface area contributed by atoms with Crippen molar-refractivity contribution in [3.05, 3.63) is 81.2 Å². The smallest absolute Gasteiger partial charge is 0.311 e. The molecule has 0 atom stereocenters. The van der Waals surface area contributed by atoms with Gasteiger partial charge in [-0.2, -0.15) is 9.59 Å². The highest BCUT2D eigenvalue weighted by Gasteiger charge is 2.03. The van der Waals surface area contributed by atoms with Crippen LogP contribution < -0.4 is 5.56 Å². The number of nitrogens with zero attached hydrogens (tertiary/aromatic N) is 1. The highest BCUT2D eigenvalue weighted by Crippen LogP contribution is 2.17. The van der Waals surface area contributed by atoms with E-state index in [1.165, 1.54) is 0 Å². The summed E-state index contributed by atoms with van der Waals surface area (Å²) in [6.45, 7) is 0.603. The van der Waals surface area contributed by atoms with Crippen molar-refractivity contribution in [2.45, 2.75) is 6.54 Å². The van der Waals surface area contributed by atoms with E-state index in [1.54, 1.807) is 4.57 Å². The zero-order valence-corrected chi connectivity index (χ0v) is 13.1. The first-order valence-electron chi connectivity index (χ1n) is 6.47. The van der Waals surface area contributed by atoms with Crippen LogP contribution in [0.3, 0.4) is 0 Å². The third-order valence-corrected chi connectivity index (χ3v) is 3.63. The molecule has 22 heavy (non-hydrogen) atoms. The van der Waals surface area contributed by atoms with Crippen molar-refractivity contribution in [1.82, 2.24) is 4.57 Å². The predicted octanol–water partition coefficient (Wildman–Crippen LogP) is 3.23. The minimum absolute atomic E-state index is 0.0499. The van der Waals surface area contributed by atoms with Gasteiger partial charge < -0.3 is 4.57 Å². The molecule has 0 amide bonds. The van der Waals surface area contributed by atoms with Gasteiger partial charge in [0.25, 0.3) is 5.56 Å². The standard InChI is InChI=1S/C16H12BrNO.CO2/c17-14-6-7-15-13(10-14)8-9-18(16(15)19)11-12-4-2-1-3-5-12;2-1-3/h1-10H,11H2;. The molecule has 5 heteroatoms. The van der Waals surface area contributed by atoms with E-state index in [0.717, 1.165) is 20.8 Å². The van der Waals surface area contributed by atoms with Gasteiger partial charge in [-0.25, -0.2) is 0 Å². The number of halogens is 1. The van der Waals surface area contributed by atoms with Crippen LogP contribution in [-0.4, -0.2) is 10.7 Å². The summed E-state index contributed by atoms with van der Waals surface area (Å²) < 4.78 is 2.73. The van der Waals surface area contributed by atoms with Gasteiger partial charge in [0.1, 0.15) is 0 Å². The second-order valence-electron chi connectivity index (χ2n) is 4.55. The van der Waals surface area contributed by atoms with Crippen molar-refractivity contribution >= 4 is 32.9 Å². The van der Waals surface area contributed by atoms with E-state index < -0.39 is 0 Å². The fourth-order valence-corrected chi connectivity index (χ4v) is 2.54. The van der Waals surface area contributed by atoms with Crippen LogP contribution in [0.2, 0.25) is 0 Å². The Labute approximate surface area is 135 Å². The molecule has 2 aromatic carbocycles. The Morgan fingerprint density at radius 1 is 1.00 bits per heavy atom. The molecule has 0 radical (unpaired) electrons. The van der Waals surface area contributed by atoms with E-state index in [1.807, 2.05) is 60.8 Å². The summed E-state index contributed by atoms with van der Waals surface area (Å²) >= 11 is 3.42. The SMILES string of the molecule is O=C=O.O=c1c2ccc(Br)cc2ccn1Cc1ccccc1. The number of aromatic nitrogens is 1. The quantitative estimate of drug-likeness (QED) is 0.707. The highest BCUT2D eigenvalue weighted by atomic mass is 79.9. The average Bonchev–Trinajstić information content (AvgIpc) is 2.52. The molecule has 0 aliphatic carbocycles. The van der Waals surface area contributed by atoms with Gasteiger partial charge in [0, 0.05) is 16.1 Å². The van der Waals surface area contributed by atoms with E-state index in [4.69, 9.17) is 9.59 Å². The molecule has 4 nitrogen and oxygen atoms in total. The molecule has 1 heterocycles. The Bertz CT molecular complexity index is 866. The molecule has 0 bridgehead atoms. The van der Waals surface area contributed by atoms with Crippen molar-refractivity contribution in [2.24, 2.45) is 0 Å². The number of benzene rings is 2. The van der Waals surface area contributed by atoms with Crippen molar-refractivity contribution in [1.29, 1.82) is 0 Å². The normalized spacial score (nSPS) is 9.68. The minimum atomic E-state index is 0.0499. The highest BCUT2D eigenvalue weighted by molar-refractivity contribution is 9.10. The summed E-state index contributed by atoms with van der Waals surface area (Å²) in [5, 5.41) is 1.71. The van der Waals surface area contributed by atoms with Crippen LogP contribution >= 0.6 is 15.9 Å². The first kappa shape index (κ1) is 15.9. The largest absolute Gasteiger partial charge is 0.373 e. The first-order valence-corrected chi connectivity index (χ1v) is 7.27. The Balaban J connectivity index is 0.000000545. The third-order valence-electron chi connectivity index (χ3n) is 3.13. The van der Waals surface area contributed by atoms with E-state index in [2.05, 4.69) is 15.9 Å². The molecular weight excluding hydrogens is 346 g/mol. The maximum Gasteiger partial charge on any atom is 0.373 e. The predicted molar refractivity (Wildman–Crippen MR) is 86.5 cm³/mol. The molecule has 0 saturated heterocycles. The molecule has 0 spiro atoms. The Morgan fingerprint density at radius 2 is 1.68 bits per heavy atom. The summed E-state index contributed by atoms with van der Waals surface area (Å²) in [6.07, 6.45) is 2.10. The zero-order valence-electron chi connectivity index (χ0n) is 11.5. The van der Waals surface area contributed by atoms with Gasteiger partial charge in [-0.05, 0) is 35.2 Å². The van der Waals surface area contributed by atoms with Crippen LogP contribution in [0.1, 0.15) is 5.56 Å². The van der Waals surface area contributed by atoms with Crippen molar-refractivity contribution in [3.8, 4) is 0 Å². The van der Waals surface area contributed by atoms with Crippen LogP contribution in [0.4, 0.5) is 0 Å². The summed E-state index contributed by atoms with van der Waals surface area (Å²) in [4.78, 5) is 28.6. The monoisotopic (exact) mass is 357 g/mol. The van der Waals surface area contributed by atoms with E-state index >= 15 is 0 Å². The Kier molecular flexibility index (Phi) is 5.42. The molecule has 3 aromatic rings. The molecule has 3 rings (SSSR count). The zero-order chi connectivity index (χ0) is 15.9. The van der Waals surface area contributed by atoms with Crippen LogP contribution in [0.5, 0.6) is 0 Å². The van der Waals surface area contributed by atoms with Crippen molar-refractivity contribution in [3.63, 3.8) is 0 Å². The van der Waals surface area contributed by atoms with Crippen LogP contribution in [-0.2, 0) is 16.1 Å². The second-order valence-corrected chi connectivity index (χ2v) is 5.46. The topological polar surface area (TPSA) is 56.1 Å². The van der Waals surface area contributed by atoms with Crippen LogP contribution in [0, 0.1) is 0 Å². The first-order chi connectivity index (χ1) is 10.7. The van der Waals surface area contributed by atoms with Crippen LogP contribution in [0.15, 0.2) is 70.1 Å². The Morgan fingerprint density at radius 3 is 2.36 bits per heavy atom. The minimum Gasteiger partial charge on any atom is -0.311 e. The number of carbonyl (C=O) groups excluding carboxylic acids is 2. The maximum absolute atomic E-state index is 12.4. The summed E-state index contributed by atoms with van der Waals surface area (Å²) in [7, 11) is 0. The maximum atomic E-state index is 12.4. The van der Waals surface area contributed by atoms with Gasteiger partial charge in [-0.3, -0.25) is 4.79 Å². The molecular formula is C17H12BrNO3. The lowest BCUT2D eigenvalue weighted by Crippen LogP contribution is -2.19. The van der Waals surface area contributed by atoms with Gasteiger partial charge in [0.15, 0.2) is 0 Å². The number of hydrogen-bond acceptors (Lipinski definition) is 3. The average molecular weight is 358 g/mol. The molecule has 110 valence electrons. The summed E-state index contributed by atoms with van der Waals surface area (Å²) in [5.74, 6) is 0. The molecule has 0 saturated carbocycles.